The maximum Gasteiger partial charge on any atom is 0.119 e. The number of fused-ring (bicyclic) bond motifs is 1. The first-order chi connectivity index (χ1) is 9.74. The number of nitrogens with one attached hydrogen (secondary N) is 1. The number of rotatable bonds is 3. The summed E-state index contributed by atoms with van der Waals surface area (Å²) in [6, 6.07) is 7.90. The Hall–Kier alpha value is -1.06. The quantitative estimate of drug-likeness (QED) is 0.915. The van der Waals surface area contributed by atoms with E-state index in [-0.39, 0.29) is 0 Å². The van der Waals surface area contributed by atoms with Gasteiger partial charge in [0.25, 0.3) is 0 Å². The maximum atomic E-state index is 5.35. The zero-order valence-electron chi connectivity index (χ0n) is 12.7. The molecule has 0 amide bonds. The molecule has 1 aliphatic carbocycles. The van der Waals surface area contributed by atoms with Crippen LogP contribution in [0.3, 0.4) is 0 Å². The Kier molecular flexibility index (Phi) is 4.27. The molecule has 3 nitrogen and oxygen atoms in total. The van der Waals surface area contributed by atoms with Crippen LogP contribution in [0.4, 0.5) is 0 Å². The minimum absolute atomic E-state index is 0.642. The van der Waals surface area contributed by atoms with Gasteiger partial charge in [0.2, 0.25) is 0 Å². The van der Waals surface area contributed by atoms with Crippen LogP contribution in [0.5, 0.6) is 5.75 Å². The summed E-state index contributed by atoms with van der Waals surface area (Å²) in [5.41, 5.74) is 2.98. The van der Waals surface area contributed by atoms with Gasteiger partial charge in [0.15, 0.2) is 0 Å². The second-order valence-electron chi connectivity index (χ2n) is 6.32. The van der Waals surface area contributed by atoms with Crippen LogP contribution in [-0.4, -0.2) is 44.2 Å². The van der Waals surface area contributed by atoms with E-state index < -0.39 is 0 Å². The van der Waals surface area contributed by atoms with Gasteiger partial charge in [-0.2, -0.15) is 0 Å². The first kappa shape index (κ1) is 13.9. The summed E-state index contributed by atoms with van der Waals surface area (Å²) >= 11 is 0. The molecule has 110 valence electrons. The molecule has 1 atom stereocenters. The third-order valence-corrected chi connectivity index (χ3v) is 4.83. The molecule has 1 saturated heterocycles. The van der Waals surface area contributed by atoms with Gasteiger partial charge in [-0.05, 0) is 75.5 Å². The van der Waals surface area contributed by atoms with E-state index in [1.165, 1.54) is 49.9 Å². The minimum Gasteiger partial charge on any atom is -0.497 e. The van der Waals surface area contributed by atoms with Crippen molar-refractivity contribution >= 4 is 0 Å². The molecule has 1 aromatic carbocycles. The third kappa shape index (κ3) is 3.15. The first-order valence-corrected chi connectivity index (χ1v) is 7.85. The molecule has 20 heavy (non-hydrogen) atoms. The van der Waals surface area contributed by atoms with Crippen LogP contribution in [0.25, 0.3) is 0 Å². The van der Waals surface area contributed by atoms with Crippen molar-refractivity contribution in [3.8, 4) is 5.75 Å². The van der Waals surface area contributed by atoms with Crippen LogP contribution >= 0.6 is 0 Å². The molecule has 0 saturated carbocycles. The van der Waals surface area contributed by atoms with E-state index in [0.29, 0.717) is 12.1 Å². The molecule has 0 bridgehead atoms. The Morgan fingerprint density at radius 1 is 1.10 bits per heavy atom. The summed E-state index contributed by atoms with van der Waals surface area (Å²) in [4.78, 5) is 2.43. The van der Waals surface area contributed by atoms with E-state index in [9.17, 15) is 0 Å². The summed E-state index contributed by atoms with van der Waals surface area (Å²) in [6.45, 7) is 2.46. The standard InChI is InChI=1S/C17H26N2O/c1-19-9-7-15(8-10-19)18-16-5-3-13-4-6-17(20-2)12-14(13)11-16/h4,6,12,15-16,18H,3,5,7-11H2,1-2H3/t16-/m1/s1. The zero-order valence-corrected chi connectivity index (χ0v) is 12.7. The molecule has 3 rings (SSSR count). The van der Waals surface area contributed by atoms with Crippen molar-refractivity contribution in [2.45, 2.75) is 44.2 Å². The lowest BCUT2D eigenvalue weighted by molar-refractivity contribution is 0.220. The van der Waals surface area contributed by atoms with Gasteiger partial charge in [0.05, 0.1) is 7.11 Å². The van der Waals surface area contributed by atoms with E-state index >= 15 is 0 Å². The topological polar surface area (TPSA) is 24.5 Å². The molecule has 1 fully saturated rings. The number of hydrogen-bond acceptors (Lipinski definition) is 3. The fourth-order valence-electron chi connectivity index (χ4n) is 3.51. The van der Waals surface area contributed by atoms with Gasteiger partial charge in [-0.15, -0.1) is 0 Å². The minimum atomic E-state index is 0.642. The van der Waals surface area contributed by atoms with Gasteiger partial charge < -0.3 is 15.0 Å². The van der Waals surface area contributed by atoms with Crippen molar-refractivity contribution in [2.75, 3.05) is 27.2 Å². The summed E-state index contributed by atoms with van der Waals surface area (Å²) in [6.07, 6.45) is 6.20. The summed E-state index contributed by atoms with van der Waals surface area (Å²) in [7, 11) is 3.97. The van der Waals surface area contributed by atoms with Gasteiger partial charge in [0.1, 0.15) is 5.75 Å². The van der Waals surface area contributed by atoms with E-state index in [4.69, 9.17) is 4.74 Å². The van der Waals surface area contributed by atoms with Crippen molar-refractivity contribution in [1.29, 1.82) is 0 Å². The van der Waals surface area contributed by atoms with Crippen LogP contribution in [-0.2, 0) is 12.8 Å². The predicted molar refractivity (Wildman–Crippen MR) is 82.5 cm³/mol. The monoisotopic (exact) mass is 274 g/mol. The second kappa shape index (κ2) is 6.15. The second-order valence-corrected chi connectivity index (χ2v) is 6.32. The maximum absolute atomic E-state index is 5.35. The number of likely N-dealkylation sites (tertiary alicyclic amines) is 1. The van der Waals surface area contributed by atoms with Crippen molar-refractivity contribution in [1.82, 2.24) is 10.2 Å². The Balaban J connectivity index is 1.60. The lowest BCUT2D eigenvalue weighted by Gasteiger charge is -2.34. The normalized spacial score (nSPS) is 24.4. The zero-order chi connectivity index (χ0) is 13.9. The third-order valence-electron chi connectivity index (χ3n) is 4.83. The summed E-state index contributed by atoms with van der Waals surface area (Å²) in [5, 5.41) is 3.89. The highest BCUT2D eigenvalue weighted by Crippen LogP contribution is 2.26. The first-order valence-electron chi connectivity index (χ1n) is 7.85. The lowest BCUT2D eigenvalue weighted by atomic mass is 9.87. The van der Waals surface area contributed by atoms with Crippen molar-refractivity contribution in [3.63, 3.8) is 0 Å². The fraction of sp³-hybridized carbons (Fsp3) is 0.647. The van der Waals surface area contributed by atoms with Crippen LogP contribution in [0.1, 0.15) is 30.4 Å². The van der Waals surface area contributed by atoms with E-state index in [2.05, 4.69) is 35.5 Å². The SMILES string of the molecule is COc1ccc2c(c1)C[C@H](NC1CCN(C)CC1)CC2. The fourth-order valence-corrected chi connectivity index (χ4v) is 3.51. The van der Waals surface area contributed by atoms with Gasteiger partial charge in [0, 0.05) is 12.1 Å². The van der Waals surface area contributed by atoms with Crippen LogP contribution in [0.15, 0.2) is 18.2 Å². The molecule has 1 N–H and O–H groups in total. The number of piperidine rings is 1. The van der Waals surface area contributed by atoms with E-state index in [1.807, 2.05) is 0 Å². The molecule has 0 unspecified atom stereocenters. The summed E-state index contributed by atoms with van der Waals surface area (Å²) < 4.78 is 5.35. The molecule has 3 heteroatoms. The number of ether oxygens (including phenoxy) is 1. The Bertz CT molecular complexity index is 452. The van der Waals surface area contributed by atoms with Gasteiger partial charge in [-0.3, -0.25) is 0 Å². The molecule has 1 aliphatic heterocycles. The number of benzene rings is 1. The highest BCUT2D eigenvalue weighted by atomic mass is 16.5. The number of methoxy groups -OCH3 is 1. The number of aryl methyl sites for hydroxylation is 1. The average Bonchev–Trinajstić information content (AvgIpc) is 2.49. The molecule has 0 spiro atoms. The van der Waals surface area contributed by atoms with Gasteiger partial charge in [-0.1, -0.05) is 6.07 Å². The van der Waals surface area contributed by atoms with Crippen molar-refractivity contribution in [2.24, 2.45) is 0 Å². The smallest absolute Gasteiger partial charge is 0.119 e. The van der Waals surface area contributed by atoms with Crippen LogP contribution in [0.2, 0.25) is 0 Å². The molecular weight excluding hydrogens is 248 g/mol. The molecule has 0 aromatic heterocycles. The molecule has 2 aliphatic rings. The van der Waals surface area contributed by atoms with E-state index in [0.717, 1.165) is 12.2 Å². The number of hydrogen-bond donors (Lipinski definition) is 1. The Morgan fingerprint density at radius 2 is 1.90 bits per heavy atom. The highest BCUT2D eigenvalue weighted by Gasteiger charge is 2.23. The molecular formula is C17H26N2O. The van der Waals surface area contributed by atoms with Crippen LogP contribution in [0, 0.1) is 0 Å². The largest absolute Gasteiger partial charge is 0.497 e. The van der Waals surface area contributed by atoms with Gasteiger partial charge >= 0.3 is 0 Å². The molecule has 1 aromatic rings. The van der Waals surface area contributed by atoms with Crippen molar-refractivity contribution < 1.29 is 4.74 Å². The number of nitrogens with zero attached hydrogens (tertiary/aromatic N) is 1. The van der Waals surface area contributed by atoms with E-state index in [1.54, 1.807) is 7.11 Å². The molecule has 1 heterocycles. The Morgan fingerprint density at radius 3 is 2.65 bits per heavy atom. The average molecular weight is 274 g/mol. The van der Waals surface area contributed by atoms with Gasteiger partial charge in [-0.25, -0.2) is 0 Å². The highest BCUT2D eigenvalue weighted by molar-refractivity contribution is 5.37. The lowest BCUT2D eigenvalue weighted by Crippen LogP contribution is -2.46. The van der Waals surface area contributed by atoms with Crippen molar-refractivity contribution in [3.05, 3.63) is 29.3 Å². The Labute approximate surface area is 122 Å². The summed E-state index contributed by atoms with van der Waals surface area (Å²) in [5.74, 6) is 0.990. The van der Waals surface area contributed by atoms with Crippen LogP contribution < -0.4 is 10.1 Å². The predicted octanol–water partition coefficient (Wildman–Crippen LogP) is 2.24. The molecule has 0 radical (unpaired) electrons.